The third-order valence-corrected chi connectivity index (χ3v) is 6.35. The van der Waals surface area contributed by atoms with Gasteiger partial charge in [-0.3, -0.25) is 4.79 Å². The fourth-order valence-corrected chi connectivity index (χ4v) is 4.35. The summed E-state index contributed by atoms with van der Waals surface area (Å²) in [5, 5.41) is 0.764. The zero-order valence-corrected chi connectivity index (χ0v) is 20.0. The van der Waals surface area contributed by atoms with Gasteiger partial charge in [0.05, 0.1) is 34.1 Å². The Morgan fingerprint density at radius 2 is 1.50 bits per heavy atom. The van der Waals surface area contributed by atoms with Crippen molar-refractivity contribution in [3.63, 3.8) is 0 Å². The summed E-state index contributed by atoms with van der Waals surface area (Å²) in [6, 6.07) is 11.4. The highest BCUT2D eigenvalue weighted by Gasteiger charge is 2.20. The lowest BCUT2D eigenvalue weighted by molar-refractivity contribution is 0.0800. The van der Waals surface area contributed by atoms with Gasteiger partial charge in [0.1, 0.15) is 9.88 Å². The first-order valence-electron chi connectivity index (χ1n) is 10.1. The molecule has 0 atom stereocenters. The molecule has 1 aromatic heterocycles. The first kappa shape index (κ1) is 23.4. The highest BCUT2D eigenvalue weighted by molar-refractivity contribution is 7.17. The third-order valence-electron chi connectivity index (χ3n) is 5.15. The minimum absolute atomic E-state index is 0.0489. The minimum atomic E-state index is -0.0489. The van der Waals surface area contributed by atoms with Crippen LogP contribution in [-0.4, -0.2) is 57.8 Å². The van der Waals surface area contributed by atoms with Gasteiger partial charge in [0.2, 0.25) is 0 Å². The molecule has 0 aliphatic carbocycles. The van der Waals surface area contributed by atoms with E-state index in [2.05, 4.69) is 4.98 Å². The van der Waals surface area contributed by atoms with E-state index in [9.17, 15) is 4.79 Å². The zero-order valence-electron chi connectivity index (χ0n) is 19.2. The second kappa shape index (κ2) is 10.4. The Hall–Kier alpha value is -3.26. The third kappa shape index (κ3) is 4.96. The number of aryl methyl sites for hydroxylation is 1. The van der Waals surface area contributed by atoms with Crippen molar-refractivity contribution in [1.29, 1.82) is 0 Å². The number of ether oxygens (including phenoxy) is 4. The molecule has 3 aromatic rings. The molecule has 0 saturated carbocycles. The van der Waals surface area contributed by atoms with Gasteiger partial charge in [0.15, 0.2) is 23.0 Å². The van der Waals surface area contributed by atoms with Crippen LogP contribution in [0.15, 0.2) is 36.4 Å². The summed E-state index contributed by atoms with van der Waals surface area (Å²) in [6.45, 7) is 2.42. The van der Waals surface area contributed by atoms with Crippen LogP contribution < -0.4 is 18.9 Å². The molecule has 0 saturated heterocycles. The van der Waals surface area contributed by atoms with E-state index in [1.807, 2.05) is 43.3 Å². The standard InChI is InChI=1S/C24H28N2O5S/c1-15-22(32-23(25-15)17-8-10-19(29-4)21(14-17)31-6)24(27)26(2)12-11-16-7-9-18(28-3)20(13-16)30-5/h7-10,13-14H,11-12H2,1-6H3. The van der Waals surface area contributed by atoms with Crippen molar-refractivity contribution in [3.05, 3.63) is 52.5 Å². The normalized spacial score (nSPS) is 10.6. The van der Waals surface area contributed by atoms with Crippen LogP contribution in [0.5, 0.6) is 23.0 Å². The van der Waals surface area contributed by atoms with Gasteiger partial charge in [0.25, 0.3) is 5.91 Å². The topological polar surface area (TPSA) is 70.1 Å². The van der Waals surface area contributed by atoms with Gasteiger partial charge < -0.3 is 23.8 Å². The molecule has 32 heavy (non-hydrogen) atoms. The maximum Gasteiger partial charge on any atom is 0.265 e. The number of nitrogens with zero attached hydrogens (tertiary/aromatic N) is 2. The Bertz CT molecular complexity index is 1100. The fourth-order valence-electron chi connectivity index (χ4n) is 3.30. The summed E-state index contributed by atoms with van der Waals surface area (Å²) in [6.07, 6.45) is 0.697. The summed E-state index contributed by atoms with van der Waals surface area (Å²) in [4.78, 5) is 20.1. The summed E-state index contributed by atoms with van der Waals surface area (Å²) in [5.41, 5.74) is 2.65. The van der Waals surface area contributed by atoms with Crippen molar-refractivity contribution < 1.29 is 23.7 Å². The SMILES string of the molecule is COc1ccc(CCN(C)C(=O)c2sc(-c3ccc(OC)c(OC)c3)nc2C)cc1OC. The number of likely N-dealkylation sites (N-methyl/N-ethyl adjacent to an activating group) is 1. The van der Waals surface area contributed by atoms with Crippen LogP contribution in [0.1, 0.15) is 20.9 Å². The highest BCUT2D eigenvalue weighted by atomic mass is 32.1. The van der Waals surface area contributed by atoms with Gasteiger partial charge >= 0.3 is 0 Å². The van der Waals surface area contributed by atoms with Gasteiger partial charge in [-0.1, -0.05) is 6.07 Å². The number of hydrogen-bond acceptors (Lipinski definition) is 7. The first-order chi connectivity index (χ1) is 15.4. The molecule has 1 amide bonds. The lowest BCUT2D eigenvalue weighted by atomic mass is 10.1. The Morgan fingerprint density at radius 1 is 0.906 bits per heavy atom. The Kier molecular flexibility index (Phi) is 7.58. The molecule has 0 fully saturated rings. The Balaban J connectivity index is 1.73. The number of hydrogen-bond donors (Lipinski definition) is 0. The quantitative estimate of drug-likeness (QED) is 0.473. The van der Waals surface area contributed by atoms with Crippen LogP contribution in [0.4, 0.5) is 0 Å². The van der Waals surface area contributed by atoms with E-state index in [0.717, 1.165) is 16.1 Å². The van der Waals surface area contributed by atoms with Crippen molar-refractivity contribution >= 4 is 17.2 Å². The van der Waals surface area contributed by atoms with Gasteiger partial charge in [0, 0.05) is 19.2 Å². The number of thiazole rings is 1. The van der Waals surface area contributed by atoms with E-state index in [1.165, 1.54) is 11.3 Å². The molecule has 7 nitrogen and oxygen atoms in total. The molecule has 0 radical (unpaired) electrons. The number of amides is 1. The van der Waals surface area contributed by atoms with E-state index in [1.54, 1.807) is 40.4 Å². The molecule has 2 aromatic carbocycles. The molecule has 1 heterocycles. The van der Waals surface area contributed by atoms with E-state index in [0.29, 0.717) is 46.5 Å². The maximum atomic E-state index is 13.1. The summed E-state index contributed by atoms with van der Waals surface area (Å²) in [5.74, 6) is 2.58. The molecular weight excluding hydrogens is 428 g/mol. The molecule has 8 heteroatoms. The number of rotatable bonds is 9. The number of methoxy groups -OCH3 is 4. The van der Waals surface area contributed by atoms with Crippen LogP contribution in [0.3, 0.4) is 0 Å². The molecular formula is C24H28N2O5S. The molecule has 0 aliphatic rings. The summed E-state index contributed by atoms with van der Waals surface area (Å²) in [7, 11) is 8.21. The average molecular weight is 457 g/mol. The molecule has 0 unspecified atom stereocenters. The van der Waals surface area contributed by atoms with Crippen molar-refractivity contribution in [3.8, 4) is 33.6 Å². The Morgan fingerprint density at radius 3 is 2.12 bits per heavy atom. The van der Waals surface area contributed by atoms with E-state index >= 15 is 0 Å². The Labute approximate surface area is 192 Å². The monoisotopic (exact) mass is 456 g/mol. The lowest BCUT2D eigenvalue weighted by Gasteiger charge is -2.17. The van der Waals surface area contributed by atoms with Crippen LogP contribution in [-0.2, 0) is 6.42 Å². The summed E-state index contributed by atoms with van der Waals surface area (Å²) < 4.78 is 21.3. The smallest absolute Gasteiger partial charge is 0.265 e. The van der Waals surface area contributed by atoms with Gasteiger partial charge in [-0.25, -0.2) is 4.98 Å². The van der Waals surface area contributed by atoms with Crippen LogP contribution >= 0.6 is 11.3 Å². The van der Waals surface area contributed by atoms with Crippen molar-refractivity contribution in [2.45, 2.75) is 13.3 Å². The second-order valence-corrected chi connectivity index (χ2v) is 8.17. The number of benzene rings is 2. The van der Waals surface area contributed by atoms with Crippen LogP contribution in [0, 0.1) is 6.92 Å². The number of carbonyl (C=O) groups is 1. The van der Waals surface area contributed by atoms with Crippen LogP contribution in [0.25, 0.3) is 10.6 Å². The molecule has 170 valence electrons. The predicted octanol–water partition coefficient (Wildman–Crippen LogP) is 4.47. The van der Waals surface area contributed by atoms with E-state index < -0.39 is 0 Å². The molecule has 0 aliphatic heterocycles. The number of carbonyl (C=O) groups excluding carboxylic acids is 1. The lowest BCUT2D eigenvalue weighted by Crippen LogP contribution is -2.28. The number of aromatic nitrogens is 1. The van der Waals surface area contributed by atoms with Crippen molar-refractivity contribution in [2.24, 2.45) is 0 Å². The highest BCUT2D eigenvalue weighted by Crippen LogP contribution is 2.35. The predicted molar refractivity (Wildman–Crippen MR) is 126 cm³/mol. The van der Waals surface area contributed by atoms with Crippen molar-refractivity contribution in [1.82, 2.24) is 9.88 Å². The van der Waals surface area contributed by atoms with Gasteiger partial charge in [-0.15, -0.1) is 11.3 Å². The zero-order chi connectivity index (χ0) is 23.3. The van der Waals surface area contributed by atoms with Gasteiger partial charge in [-0.2, -0.15) is 0 Å². The van der Waals surface area contributed by atoms with E-state index in [4.69, 9.17) is 18.9 Å². The minimum Gasteiger partial charge on any atom is -0.493 e. The van der Waals surface area contributed by atoms with E-state index in [-0.39, 0.29) is 5.91 Å². The van der Waals surface area contributed by atoms with Crippen LogP contribution in [0.2, 0.25) is 0 Å². The molecule has 0 bridgehead atoms. The second-order valence-electron chi connectivity index (χ2n) is 7.17. The van der Waals surface area contributed by atoms with Crippen molar-refractivity contribution in [2.75, 3.05) is 42.0 Å². The maximum absolute atomic E-state index is 13.1. The largest absolute Gasteiger partial charge is 0.493 e. The fraction of sp³-hybridized carbons (Fsp3) is 0.333. The first-order valence-corrected chi connectivity index (χ1v) is 10.9. The molecule has 3 rings (SSSR count). The summed E-state index contributed by atoms with van der Waals surface area (Å²) >= 11 is 1.38. The average Bonchev–Trinajstić information content (AvgIpc) is 3.22. The van der Waals surface area contributed by atoms with Gasteiger partial charge in [-0.05, 0) is 49.2 Å². The molecule has 0 spiro atoms. The molecule has 0 N–H and O–H groups in total.